The lowest BCUT2D eigenvalue weighted by Gasteiger charge is -2.36. The predicted octanol–water partition coefficient (Wildman–Crippen LogP) is 2.62. The molecule has 0 spiro atoms. The van der Waals surface area contributed by atoms with E-state index in [0.29, 0.717) is 5.75 Å². The second kappa shape index (κ2) is 8.22. The summed E-state index contributed by atoms with van der Waals surface area (Å²) in [6.07, 6.45) is 0.895. The Kier molecular flexibility index (Phi) is 6.30. The maximum atomic E-state index is 5.63. The molecular formula is C18H28N2O3. The van der Waals surface area contributed by atoms with E-state index >= 15 is 0 Å². The van der Waals surface area contributed by atoms with E-state index in [1.165, 1.54) is 0 Å². The standard InChI is InChI=1S/C18H28N2O3/c1-13(2)10-15(20-8-6-19-7-9-20)14-11-17(22-4)18(23-5)12-16(14)21-3/h11-12,15,19H,1,6-10H2,2-5H3/t15-/m1/s1. The third kappa shape index (κ3) is 4.18. The van der Waals surface area contributed by atoms with Gasteiger partial charge in [0.2, 0.25) is 0 Å². The van der Waals surface area contributed by atoms with Gasteiger partial charge in [-0.2, -0.15) is 0 Å². The summed E-state index contributed by atoms with van der Waals surface area (Å²) in [6, 6.07) is 4.17. The van der Waals surface area contributed by atoms with Gasteiger partial charge in [-0.3, -0.25) is 4.90 Å². The largest absolute Gasteiger partial charge is 0.496 e. The SMILES string of the molecule is C=C(C)C[C@H](c1cc(OC)c(OC)cc1OC)N1CCNCC1. The highest BCUT2D eigenvalue weighted by atomic mass is 16.5. The van der Waals surface area contributed by atoms with Crippen LogP contribution in [-0.4, -0.2) is 52.4 Å². The zero-order valence-electron chi connectivity index (χ0n) is 14.6. The molecule has 1 atom stereocenters. The Morgan fingerprint density at radius 3 is 2.17 bits per heavy atom. The Balaban J connectivity index is 2.44. The van der Waals surface area contributed by atoms with E-state index in [1.807, 2.05) is 12.1 Å². The fourth-order valence-electron chi connectivity index (χ4n) is 3.07. The van der Waals surface area contributed by atoms with Gasteiger partial charge >= 0.3 is 0 Å². The van der Waals surface area contributed by atoms with Gasteiger partial charge in [-0.1, -0.05) is 5.57 Å². The predicted molar refractivity (Wildman–Crippen MR) is 92.7 cm³/mol. The molecule has 2 rings (SSSR count). The lowest BCUT2D eigenvalue weighted by molar-refractivity contribution is 0.169. The van der Waals surface area contributed by atoms with Crippen molar-refractivity contribution in [3.63, 3.8) is 0 Å². The molecule has 0 radical (unpaired) electrons. The van der Waals surface area contributed by atoms with Crippen LogP contribution in [0.5, 0.6) is 17.2 Å². The van der Waals surface area contributed by atoms with Crippen molar-refractivity contribution in [2.75, 3.05) is 47.5 Å². The van der Waals surface area contributed by atoms with Gasteiger partial charge in [-0.15, -0.1) is 6.58 Å². The highest BCUT2D eigenvalue weighted by molar-refractivity contribution is 5.52. The van der Waals surface area contributed by atoms with Crippen molar-refractivity contribution >= 4 is 0 Å². The summed E-state index contributed by atoms with van der Waals surface area (Å²) in [6.45, 7) is 10.2. The third-order valence-electron chi connectivity index (χ3n) is 4.23. The van der Waals surface area contributed by atoms with Crippen LogP contribution >= 0.6 is 0 Å². The number of methoxy groups -OCH3 is 3. The first-order valence-electron chi connectivity index (χ1n) is 7.99. The molecule has 0 unspecified atom stereocenters. The van der Waals surface area contributed by atoms with E-state index < -0.39 is 0 Å². The Bertz CT molecular complexity index is 539. The van der Waals surface area contributed by atoms with Gasteiger partial charge in [0.25, 0.3) is 0 Å². The monoisotopic (exact) mass is 320 g/mol. The van der Waals surface area contributed by atoms with Crippen molar-refractivity contribution in [3.05, 3.63) is 29.8 Å². The Hall–Kier alpha value is -1.72. The number of hydrogen-bond acceptors (Lipinski definition) is 5. The summed E-state index contributed by atoms with van der Waals surface area (Å²) >= 11 is 0. The third-order valence-corrected chi connectivity index (χ3v) is 4.23. The summed E-state index contributed by atoms with van der Waals surface area (Å²) in [4.78, 5) is 2.48. The van der Waals surface area contributed by atoms with E-state index in [0.717, 1.165) is 55.2 Å². The normalized spacial score (nSPS) is 16.7. The van der Waals surface area contributed by atoms with Crippen molar-refractivity contribution < 1.29 is 14.2 Å². The number of nitrogens with one attached hydrogen (secondary N) is 1. The van der Waals surface area contributed by atoms with Gasteiger partial charge in [0.05, 0.1) is 21.3 Å². The van der Waals surface area contributed by atoms with Crippen LogP contribution in [0.1, 0.15) is 24.9 Å². The zero-order chi connectivity index (χ0) is 16.8. The van der Waals surface area contributed by atoms with E-state index in [2.05, 4.69) is 23.7 Å². The molecule has 1 aliphatic heterocycles. The molecule has 1 aliphatic rings. The molecule has 1 N–H and O–H groups in total. The fourth-order valence-corrected chi connectivity index (χ4v) is 3.07. The first kappa shape index (κ1) is 17.6. The number of benzene rings is 1. The molecule has 1 aromatic rings. The van der Waals surface area contributed by atoms with Crippen molar-refractivity contribution in [1.82, 2.24) is 10.2 Å². The molecule has 0 amide bonds. The quantitative estimate of drug-likeness (QED) is 0.782. The van der Waals surface area contributed by atoms with Gasteiger partial charge in [0, 0.05) is 43.9 Å². The van der Waals surface area contributed by atoms with Gasteiger partial charge < -0.3 is 19.5 Å². The minimum atomic E-state index is 0.226. The van der Waals surface area contributed by atoms with Crippen LogP contribution in [0.2, 0.25) is 0 Å². The summed E-state index contributed by atoms with van der Waals surface area (Å²) in [5.74, 6) is 2.24. The average molecular weight is 320 g/mol. The minimum Gasteiger partial charge on any atom is -0.496 e. The number of nitrogens with zero attached hydrogens (tertiary/aromatic N) is 1. The molecule has 0 saturated carbocycles. The Labute approximate surface area is 139 Å². The zero-order valence-corrected chi connectivity index (χ0v) is 14.6. The Morgan fingerprint density at radius 2 is 1.65 bits per heavy atom. The molecule has 0 aliphatic carbocycles. The number of hydrogen-bond donors (Lipinski definition) is 1. The smallest absolute Gasteiger partial charge is 0.164 e. The van der Waals surface area contributed by atoms with Crippen molar-refractivity contribution in [3.8, 4) is 17.2 Å². The fraction of sp³-hybridized carbons (Fsp3) is 0.556. The van der Waals surface area contributed by atoms with Crippen molar-refractivity contribution in [1.29, 1.82) is 0 Å². The first-order valence-corrected chi connectivity index (χ1v) is 7.99. The molecule has 5 heteroatoms. The second-order valence-electron chi connectivity index (χ2n) is 5.91. The lowest BCUT2D eigenvalue weighted by atomic mass is 9.96. The molecule has 5 nitrogen and oxygen atoms in total. The number of ether oxygens (including phenoxy) is 3. The second-order valence-corrected chi connectivity index (χ2v) is 5.91. The molecule has 1 aromatic carbocycles. The summed E-state index contributed by atoms with van der Waals surface area (Å²) in [7, 11) is 4.99. The Morgan fingerprint density at radius 1 is 1.09 bits per heavy atom. The van der Waals surface area contributed by atoms with Gasteiger partial charge in [0.15, 0.2) is 11.5 Å². The first-order chi connectivity index (χ1) is 11.1. The molecule has 1 fully saturated rings. The average Bonchev–Trinajstić information content (AvgIpc) is 2.59. The molecule has 0 aromatic heterocycles. The maximum Gasteiger partial charge on any atom is 0.164 e. The van der Waals surface area contributed by atoms with Crippen LogP contribution in [0, 0.1) is 0 Å². The van der Waals surface area contributed by atoms with Gasteiger partial charge in [-0.25, -0.2) is 0 Å². The summed E-state index contributed by atoms with van der Waals surface area (Å²) in [5.41, 5.74) is 2.28. The van der Waals surface area contributed by atoms with Crippen LogP contribution in [0.3, 0.4) is 0 Å². The molecule has 0 bridgehead atoms. The van der Waals surface area contributed by atoms with E-state index in [4.69, 9.17) is 14.2 Å². The number of rotatable bonds is 7. The van der Waals surface area contributed by atoms with Crippen LogP contribution in [0.4, 0.5) is 0 Å². The maximum absolute atomic E-state index is 5.63. The lowest BCUT2D eigenvalue weighted by Crippen LogP contribution is -2.45. The molecule has 1 saturated heterocycles. The highest BCUT2D eigenvalue weighted by Gasteiger charge is 2.26. The van der Waals surface area contributed by atoms with Crippen molar-refractivity contribution in [2.45, 2.75) is 19.4 Å². The summed E-state index contributed by atoms with van der Waals surface area (Å²) in [5, 5.41) is 3.40. The molecule has 1 heterocycles. The molecular weight excluding hydrogens is 292 g/mol. The van der Waals surface area contributed by atoms with Crippen LogP contribution in [0.25, 0.3) is 0 Å². The van der Waals surface area contributed by atoms with E-state index in [1.54, 1.807) is 21.3 Å². The van der Waals surface area contributed by atoms with Crippen LogP contribution in [0.15, 0.2) is 24.3 Å². The molecule has 128 valence electrons. The minimum absolute atomic E-state index is 0.226. The van der Waals surface area contributed by atoms with Crippen molar-refractivity contribution in [2.24, 2.45) is 0 Å². The van der Waals surface area contributed by atoms with Crippen LogP contribution in [-0.2, 0) is 0 Å². The van der Waals surface area contributed by atoms with E-state index in [9.17, 15) is 0 Å². The van der Waals surface area contributed by atoms with Gasteiger partial charge in [0.1, 0.15) is 5.75 Å². The topological polar surface area (TPSA) is 43.0 Å². The number of piperazine rings is 1. The van der Waals surface area contributed by atoms with Crippen LogP contribution < -0.4 is 19.5 Å². The van der Waals surface area contributed by atoms with Gasteiger partial charge in [-0.05, 0) is 19.4 Å². The highest BCUT2D eigenvalue weighted by Crippen LogP contribution is 2.41. The summed E-state index contributed by atoms with van der Waals surface area (Å²) < 4.78 is 16.5. The van der Waals surface area contributed by atoms with E-state index in [-0.39, 0.29) is 6.04 Å². The molecule has 23 heavy (non-hydrogen) atoms.